The number of carbonyl (C=O) groups excluding carboxylic acids is 6. The van der Waals surface area contributed by atoms with Crippen LogP contribution in [0.3, 0.4) is 0 Å². The number of amides is 4. The first-order chi connectivity index (χ1) is 68.2. The number of pyridine rings is 1. The SMILES string of the molecule is Cc1ccccc1Cc1nc2cc(C(=O)NO)ccc2c(=O)[nH]1.Cc1ncc(-c2nc3cc(C(=O)NO)ccc3c(=O)[nH]2)n1C.NCc1cn(Cc2ccccc2)c(=O)c2cc(C(=O)NO)ccc12.O=C(CO)c1ccc2c(=O)[nH]c(-c3ccc4ccccc4c3)nc2c1.O=C(CO)c1ccc2c(=O)[nH]c(CCc3ccccc3)nc2c1.O=C(NO)c1ccc2c(=O)[nH]c(-c3nc4ccccc4o3)nc2c1. The van der Waals surface area contributed by atoms with Crippen molar-refractivity contribution in [2.45, 2.75) is 46.2 Å². The highest BCUT2D eigenvalue weighted by Gasteiger charge is 2.21. The van der Waals surface area contributed by atoms with Crippen LogP contribution in [-0.4, -0.2) is 148 Å². The van der Waals surface area contributed by atoms with E-state index in [-0.39, 0.29) is 85.2 Å². The van der Waals surface area contributed by atoms with Crippen molar-refractivity contribution in [1.29, 1.82) is 0 Å². The Morgan fingerprint density at radius 3 is 1.34 bits per heavy atom. The molecule has 0 aliphatic heterocycles. The summed E-state index contributed by atoms with van der Waals surface area (Å²) >= 11 is 0. The monoisotopic (exact) mass is 1890 g/mol. The fraction of sp³-hybridized carbons (Fsp3) is 0.0971. The number of oxazole rings is 1. The van der Waals surface area contributed by atoms with Gasteiger partial charge in [-0.1, -0.05) is 152 Å². The number of aliphatic hydroxyl groups is 2. The standard InChI is InChI=1S/C20H14N2O3.C18H17N3O3.C18H16N2O3.C17H15N3O3.C16H10N4O4.C14H13N5O3/c23-11-18(24)14-7-8-16-17(10-14)21-19(22-20(16)25)15-6-5-12-3-1-2-4-13(12)9-15;19-9-14-11-21(10-12-4-2-1-3-5-12)18(23)16-8-13(17(22)20-24)6-7-15(14)16;21-11-16(22)13-7-8-14-15(10-13)19-17(20-18(14)23)9-6-12-4-2-1-3-5-12;1-10-4-2-3-5-11(10)9-15-18-14-8-12(16(21)20-23)6-7-13(14)17(22)19-15;21-14(20-23)8-5-6-9-11(7-8)17-13(19-15(9)22)16-18-10-3-1-2-4-12(10)24-16;1-7-15-6-11(19(7)2)12-16-10-5-8(13(20)18-22)3-4-9(10)14(21)17-12/h1-10,23H,11H2,(H,21,22,25);1-8,11,24H,9-10,19H2,(H,20,22);1-5,7-8,10,21H,6,9,11H2,(H,19,20,23);2-8,23H,9H2,1H3,(H,20,21)(H,18,19,22);1-7,23H,(H,20,21)(H,17,19,22);3-6,22H,1-2H3,(H,18,20)(H,16,17,21). The van der Waals surface area contributed by atoms with Crippen molar-refractivity contribution >= 4 is 122 Å². The lowest BCUT2D eigenvalue weighted by atomic mass is 10.0. The molecule has 20 aromatic rings. The van der Waals surface area contributed by atoms with Crippen LogP contribution in [0.25, 0.3) is 122 Å². The largest absolute Gasteiger partial charge is 0.434 e. The highest BCUT2D eigenvalue weighted by molar-refractivity contribution is 6.03. The fourth-order valence-corrected chi connectivity index (χ4v) is 15.2. The van der Waals surface area contributed by atoms with E-state index in [0.29, 0.717) is 130 Å². The van der Waals surface area contributed by atoms with Gasteiger partial charge in [0, 0.05) is 77.0 Å². The van der Waals surface area contributed by atoms with Crippen LogP contribution in [0, 0.1) is 13.8 Å². The second-order valence-electron chi connectivity index (χ2n) is 31.8. The summed E-state index contributed by atoms with van der Waals surface area (Å²) < 4.78 is 8.98. The number of fused-ring (bicyclic) bond motifs is 8. The number of Topliss-reactive ketones (excluding diaryl/α,β-unsaturated/α-hetero) is 2. The maximum absolute atomic E-state index is 12.8. The van der Waals surface area contributed by atoms with E-state index in [9.17, 15) is 57.5 Å². The molecule has 8 aromatic heterocycles. The van der Waals surface area contributed by atoms with Crippen LogP contribution >= 0.6 is 0 Å². The minimum Gasteiger partial charge on any atom is -0.434 e. The normalized spacial score (nSPS) is 10.9. The number of hydrogen-bond acceptors (Lipinski definition) is 27. The fourth-order valence-electron chi connectivity index (χ4n) is 15.2. The molecule has 0 fully saturated rings. The maximum Gasteiger partial charge on any atom is 0.274 e. The molecule has 0 aliphatic carbocycles. The number of nitrogens with two attached hydrogens (primary N) is 1. The van der Waals surface area contributed by atoms with E-state index in [1.807, 2.05) is 160 Å². The van der Waals surface area contributed by atoms with Gasteiger partial charge >= 0.3 is 0 Å². The number of aromatic nitrogens is 14. The number of benzene rings is 12. The van der Waals surface area contributed by atoms with E-state index in [0.717, 1.165) is 50.8 Å². The Hall–Kier alpha value is -18.6. The van der Waals surface area contributed by atoms with Gasteiger partial charge in [0.2, 0.25) is 0 Å². The predicted molar refractivity (Wildman–Crippen MR) is 524 cm³/mol. The number of H-pyrrole nitrogens is 5. The molecular formula is C103H85N19O19. The van der Waals surface area contributed by atoms with E-state index in [1.165, 1.54) is 84.4 Å². The number of nitrogens with zero attached hydrogens (tertiary/aromatic N) is 9. The van der Waals surface area contributed by atoms with Crippen LogP contribution in [-0.2, 0) is 39.4 Å². The summed E-state index contributed by atoms with van der Waals surface area (Å²) in [5.74, 6) is -0.431. The predicted octanol–water partition coefficient (Wildman–Crippen LogP) is 11.0. The van der Waals surface area contributed by atoms with Gasteiger partial charge in [0.15, 0.2) is 28.8 Å². The quantitative estimate of drug-likeness (QED) is 0.0203. The first-order valence-electron chi connectivity index (χ1n) is 43.3. The second-order valence-corrected chi connectivity index (χ2v) is 31.8. The summed E-state index contributed by atoms with van der Waals surface area (Å²) in [5, 5.41) is 58.0. The molecule has 706 valence electrons. The molecule has 0 spiro atoms. The Morgan fingerprint density at radius 1 is 0.390 bits per heavy atom. The molecule has 17 N–H and O–H groups in total. The Bertz CT molecular complexity index is 8600. The highest BCUT2D eigenvalue weighted by atomic mass is 16.5. The number of imidazole rings is 1. The third-order valence-corrected chi connectivity index (χ3v) is 22.7. The molecule has 12 aromatic carbocycles. The molecule has 0 atom stereocenters. The van der Waals surface area contributed by atoms with Crippen LogP contribution in [0.4, 0.5) is 0 Å². The van der Waals surface area contributed by atoms with Crippen molar-refractivity contribution in [2.24, 2.45) is 12.8 Å². The number of para-hydroxylation sites is 2. The highest BCUT2D eigenvalue weighted by Crippen LogP contribution is 2.28. The molecule has 8 heterocycles. The average molecular weight is 1890 g/mol. The lowest BCUT2D eigenvalue weighted by Gasteiger charge is -2.12. The van der Waals surface area contributed by atoms with Gasteiger partial charge in [-0.15, -0.1) is 0 Å². The van der Waals surface area contributed by atoms with E-state index in [4.69, 9.17) is 41.2 Å². The molecule has 0 bridgehead atoms. The third kappa shape index (κ3) is 22.5. The van der Waals surface area contributed by atoms with Gasteiger partial charge in [0.05, 0.1) is 67.3 Å². The van der Waals surface area contributed by atoms with Crippen molar-refractivity contribution in [2.75, 3.05) is 13.2 Å². The van der Waals surface area contributed by atoms with Gasteiger partial charge in [0.25, 0.3) is 62.9 Å². The molecular weight excluding hydrogens is 1810 g/mol. The number of rotatable bonds is 19. The van der Waals surface area contributed by atoms with Crippen LogP contribution < -0.4 is 61.0 Å². The van der Waals surface area contributed by atoms with Crippen molar-refractivity contribution in [3.63, 3.8) is 0 Å². The second kappa shape index (κ2) is 43.8. The third-order valence-electron chi connectivity index (χ3n) is 22.7. The summed E-state index contributed by atoms with van der Waals surface area (Å²) in [6.45, 7) is 3.39. The number of hydroxylamine groups is 4. The Balaban J connectivity index is 0.000000128. The zero-order chi connectivity index (χ0) is 99.7. The van der Waals surface area contributed by atoms with Crippen molar-refractivity contribution < 1.29 is 64.2 Å². The molecule has 0 radical (unpaired) electrons. The van der Waals surface area contributed by atoms with Gasteiger partial charge in [0.1, 0.15) is 47.7 Å². The van der Waals surface area contributed by atoms with E-state index < -0.39 is 42.6 Å². The summed E-state index contributed by atoms with van der Waals surface area (Å²) in [4.78, 5) is 187. The Morgan fingerprint density at radius 2 is 0.823 bits per heavy atom. The van der Waals surface area contributed by atoms with E-state index in [1.54, 1.807) is 85.9 Å². The van der Waals surface area contributed by atoms with Gasteiger partial charge < -0.3 is 54.4 Å². The molecule has 38 nitrogen and oxygen atoms in total. The van der Waals surface area contributed by atoms with Gasteiger partial charge in [-0.25, -0.2) is 56.8 Å². The summed E-state index contributed by atoms with van der Waals surface area (Å²) in [6, 6.07) is 75.5. The van der Waals surface area contributed by atoms with Crippen LogP contribution in [0.2, 0.25) is 0 Å². The molecule has 20 rings (SSSR count). The first kappa shape index (κ1) is 97.0. The molecule has 0 saturated carbocycles. The Kier molecular flexibility index (Phi) is 30.2. The molecule has 141 heavy (non-hydrogen) atoms. The van der Waals surface area contributed by atoms with Gasteiger partial charge in [-0.2, -0.15) is 0 Å². The molecule has 0 unspecified atom stereocenters. The number of hydrogen-bond donors (Lipinski definition) is 16. The number of aromatic amines is 5. The number of nitrogens with one attached hydrogen (secondary N) is 9. The summed E-state index contributed by atoms with van der Waals surface area (Å²) in [6.07, 6.45) is 5.24. The van der Waals surface area contributed by atoms with Crippen molar-refractivity contribution in [3.8, 4) is 34.6 Å². The summed E-state index contributed by atoms with van der Waals surface area (Å²) in [7, 11) is 1.82. The average Bonchev–Trinajstić information content (AvgIpc) is 1.37. The van der Waals surface area contributed by atoms with Gasteiger partial charge in [-0.05, 0) is 173 Å². The lowest BCUT2D eigenvalue weighted by Crippen LogP contribution is -2.23. The number of aliphatic hydroxyl groups excluding tert-OH is 2. The Labute approximate surface area is 794 Å². The van der Waals surface area contributed by atoms with Crippen LogP contribution in [0.5, 0.6) is 0 Å². The number of aryl methyl sites for hydroxylation is 4. The lowest BCUT2D eigenvalue weighted by molar-refractivity contribution is 0.0702. The summed E-state index contributed by atoms with van der Waals surface area (Å²) in [5.41, 5.74) is 21.7. The van der Waals surface area contributed by atoms with Crippen LogP contribution in [0.1, 0.15) is 107 Å². The van der Waals surface area contributed by atoms with Crippen molar-refractivity contribution in [3.05, 3.63) is 414 Å². The zero-order valence-electron chi connectivity index (χ0n) is 75.0. The maximum atomic E-state index is 12.8. The first-order valence-corrected chi connectivity index (χ1v) is 43.3. The number of carbonyl (C=O) groups is 6. The minimum atomic E-state index is -0.692. The number of ketones is 2. The molecule has 0 saturated heterocycles. The molecule has 38 heteroatoms. The van der Waals surface area contributed by atoms with Crippen molar-refractivity contribution in [1.82, 2.24) is 90.9 Å². The van der Waals surface area contributed by atoms with Crippen LogP contribution in [0.15, 0.2) is 306 Å². The van der Waals surface area contributed by atoms with E-state index in [2.05, 4.69) is 59.8 Å². The smallest absolute Gasteiger partial charge is 0.274 e. The van der Waals surface area contributed by atoms with Gasteiger partial charge in [-0.3, -0.25) is 78.4 Å². The minimum absolute atomic E-state index is 0.158. The zero-order valence-corrected chi connectivity index (χ0v) is 75.0. The topological polar surface area (TPSA) is 593 Å². The molecule has 0 aliphatic rings. The molecule has 4 amide bonds. The van der Waals surface area contributed by atoms with E-state index >= 15 is 0 Å².